The van der Waals surface area contributed by atoms with E-state index in [4.69, 9.17) is 0 Å². The lowest BCUT2D eigenvalue weighted by Crippen LogP contribution is -2.56. The summed E-state index contributed by atoms with van der Waals surface area (Å²) in [6.45, 7) is 7.18. The molecule has 1 saturated heterocycles. The van der Waals surface area contributed by atoms with Gasteiger partial charge in [-0.15, -0.1) is 0 Å². The lowest BCUT2D eigenvalue weighted by Gasteiger charge is -2.41. The van der Waals surface area contributed by atoms with Gasteiger partial charge in [-0.3, -0.25) is 14.5 Å². The van der Waals surface area contributed by atoms with E-state index in [1.54, 1.807) is 0 Å². The maximum atomic E-state index is 12.2. The number of hydrogen-bond acceptors (Lipinski definition) is 4. The first-order valence-corrected chi connectivity index (χ1v) is 8.41. The number of nitrogens with zero attached hydrogens (tertiary/aromatic N) is 2. The van der Waals surface area contributed by atoms with Crippen molar-refractivity contribution in [3.63, 3.8) is 0 Å². The van der Waals surface area contributed by atoms with Gasteiger partial charge in [0.1, 0.15) is 0 Å². The number of hydrogen-bond donors (Lipinski definition) is 2. The number of aliphatic hydroxyl groups is 1. The van der Waals surface area contributed by atoms with E-state index in [0.29, 0.717) is 19.5 Å². The first kappa shape index (κ1) is 17.2. The molecule has 0 spiro atoms. The highest BCUT2D eigenvalue weighted by atomic mass is 16.3. The summed E-state index contributed by atoms with van der Waals surface area (Å²) in [5.74, 6) is 0.592. The molecule has 6 heteroatoms. The summed E-state index contributed by atoms with van der Waals surface area (Å²) in [4.78, 5) is 28.0. The molecule has 0 aromatic heterocycles. The van der Waals surface area contributed by atoms with Gasteiger partial charge < -0.3 is 15.3 Å². The minimum atomic E-state index is -0.106. The van der Waals surface area contributed by atoms with Crippen molar-refractivity contribution in [1.82, 2.24) is 15.1 Å². The second kappa shape index (κ2) is 7.92. The molecule has 2 rings (SSSR count). The van der Waals surface area contributed by atoms with Crippen molar-refractivity contribution in [2.45, 2.75) is 39.2 Å². The van der Waals surface area contributed by atoms with Gasteiger partial charge >= 0.3 is 0 Å². The fraction of sp³-hybridized carbons (Fsp3) is 0.875. The molecule has 2 aliphatic rings. The van der Waals surface area contributed by atoms with E-state index in [9.17, 15) is 14.7 Å². The van der Waals surface area contributed by atoms with Crippen LogP contribution in [-0.4, -0.2) is 72.1 Å². The van der Waals surface area contributed by atoms with Gasteiger partial charge in [-0.05, 0) is 25.2 Å². The van der Waals surface area contributed by atoms with Gasteiger partial charge in [-0.1, -0.05) is 13.8 Å². The number of rotatable bonds is 7. The molecule has 2 N–H and O–H groups in total. The average molecular weight is 311 g/mol. The number of carbonyl (C=O) groups is 2. The third-order valence-corrected chi connectivity index (χ3v) is 4.55. The Hall–Kier alpha value is -1.14. The fourth-order valence-electron chi connectivity index (χ4n) is 2.89. The first-order chi connectivity index (χ1) is 10.5. The molecule has 2 amide bonds. The third-order valence-electron chi connectivity index (χ3n) is 4.55. The molecule has 0 bridgehead atoms. The number of amides is 2. The van der Waals surface area contributed by atoms with Gasteiger partial charge in [-0.25, -0.2) is 0 Å². The van der Waals surface area contributed by atoms with Crippen LogP contribution in [0.25, 0.3) is 0 Å². The van der Waals surface area contributed by atoms with Crippen LogP contribution in [0.5, 0.6) is 0 Å². The summed E-state index contributed by atoms with van der Waals surface area (Å²) in [6, 6.07) is 0.240. The maximum absolute atomic E-state index is 12.2. The molecule has 0 unspecified atom stereocenters. The number of nitrogens with one attached hydrogen (secondary N) is 1. The van der Waals surface area contributed by atoms with Crippen LogP contribution in [0.4, 0.5) is 0 Å². The second-order valence-electron chi connectivity index (χ2n) is 6.82. The summed E-state index contributed by atoms with van der Waals surface area (Å²) in [5.41, 5.74) is 0. The average Bonchev–Trinajstić information content (AvgIpc) is 3.30. The topological polar surface area (TPSA) is 72.9 Å². The highest BCUT2D eigenvalue weighted by Gasteiger charge is 2.33. The number of carbonyl (C=O) groups excluding carboxylic acids is 2. The third kappa shape index (κ3) is 4.95. The lowest BCUT2D eigenvalue weighted by atomic mass is 10.1. The standard InChI is InChI=1S/C16H29N3O3/c1-12(2)16(22)17-9-15(21)19-7-6-18(10-13-3-4-13)14(11-19)5-8-20/h12-14,20H,3-11H2,1-2H3,(H,17,22)/t14-/m1/s1. The summed E-state index contributed by atoms with van der Waals surface area (Å²) in [5, 5.41) is 11.9. The summed E-state index contributed by atoms with van der Waals surface area (Å²) in [6.07, 6.45) is 3.33. The quantitative estimate of drug-likeness (QED) is 0.697. The lowest BCUT2D eigenvalue weighted by molar-refractivity contribution is -0.136. The molecule has 22 heavy (non-hydrogen) atoms. The molecule has 126 valence electrons. The molecule has 1 aliphatic carbocycles. The van der Waals surface area contributed by atoms with Gasteiger partial charge in [0.05, 0.1) is 6.54 Å². The van der Waals surface area contributed by atoms with Crippen LogP contribution in [0, 0.1) is 11.8 Å². The van der Waals surface area contributed by atoms with E-state index < -0.39 is 0 Å². The van der Waals surface area contributed by atoms with E-state index in [-0.39, 0.29) is 36.9 Å². The van der Waals surface area contributed by atoms with Crippen molar-refractivity contribution in [2.24, 2.45) is 11.8 Å². The van der Waals surface area contributed by atoms with Gasteiger partial charge in [0.2, 0.25) is 11.8 Å². The highest BCUT2D eigenvalue weighted by Crippen LogP contribution is 2.31. The maximum Gasteiger partial charge on any atom is 0.242 e. The van der Waals surface area contributed by atoms with Crippen LogP contribution in [0.2, 0.25) is 0 Å². The minimum Gasteiger partial charge on any atom is -0.396 e. The zero-order valence-corrected chi connectivity index (χ0v) is 13.8. The van der Waals surface area contributed by atoms with Crippen molar-refractivity contribution in [2.75, 3.05) is 39.3 Å². The SMILES string of the molecule is CC(C)C(=O)NCC(=O)N1CCN(CC2CC2)[C@H](CCO)C1. The Kier molecular flexibility index (Phi) is 6.20. The molecule has 6 nitrogen and oxygen atoms in total. The van der Waals surface area contributed by atoms with Gasteiger partial charge in [0.15, 0.2) is 0 Å². The molecular formula is C16H29N3O3. The van der Waals surface area contributed by atoms with Crippen LogP contribution < -0.4 is 5.32 Å². The van der Waals surface area contributed by atoms with E-state index in [2.05, 4.69) is 10.2 Å². The first-order valence-electron chi connectivity index (χ1n) is 8.41. The number of piperazine rings is 1. The Morgan fingerprint density at radius 2 is 2.00 bits per heavy atom. The van der Waals surface area contributed by atoms with Crippen molar-refractivity contribution < 1.29 is 14.7 Å². The normalized spacial score (nSPS) is 22.9. The van der Waals surface area contributed by atoms with E-state index in [1.807, 2.05) is 18.7 Å². The zero-order valence-electron chi connectivity index (χ0n) is 13.8. The monoisotopic (exact) mass is 311 g/mol. The molecule has 1 heterocycles. The smallest absolute Gasteiger partial charge is 0.242 e. The van der Waals surface area contributed by atoms with Crippen LogP contribution >= 0.6 is 0 Å². The Morgan fingerprint density at radius 1 is 1.27 bits per heavy atom. The molecule has 1 atom stereocenters. The van der Waals surface area contributed by atoms with Crippen molar-refractivity contribution in [1.29, 1.82) is 0 Å². The zero-order chi connectivity index (χ0) is 16.1. The van der Waals surface area contributed by atoms with E-state index >= 15 is 0 Å². The molecule has 0 aromatic rings. The summed E-state index contributed by atoms with van der Waals surface area (Å²) < 4.78 is 0. The fourth-order valence-corrected chi connectivity index (χ4v) is 2.89. The number of aliphatic hydroxyl groups excluding tert-OH is 1. The Balaban J connectivity index is 1.81. The van der Waals surface area contributed by atoms with Gasteiger partial charge in [0, 0.05) is 44.7 Å². The molecule has 0 radical (unpaired) electrons. The molecular weight excluding hydrogens is 282 g/mol. The van der Waals surface area contributed by atoms with Gasteiger partial charge in [0.25, 0.3) is 0 Å². The summed E-state index contributed by atoms with van der Waals surface area (Å²) in [7, 11) is 0. The van der Waals surface area contributed by atoms with E-state index in [0.717, 1.165) is 19.0 Å². The molecule has 1 aliphatic heterocycles. The van der Waals surface area contributed by atoms with Crippen LogP contribution in [0.15, 0.2) is 0 Å². The Labute approximate surface area is 132 Å². The van der Waals surface area contributed by atoms with Crippen molar-refractivity contribution >= 4 is 11.8 Å². The van der Waals surface area contributed by atoms with Crippen LogP contribution in [-0.2, 0) is 9.59 Å². The minimum absolute atomic E-state index is 0.0250. The van der Waals surface area contributed by atoms with Crippen LogP contribution in [0.3, 0.4) is 0 Å². The Morgan fingerprint density at radius 3 is 2.59 bits per heavy atom. The largest absolute Gasteiger partial charge is 0.396 e. The van der Waals surface area contributed by atoms with E-state index in [1.165, 1.54) is 12.8 Å². The van der Waals surface area contributed by atoms with Gasteiger partial charge in [-0.2, -0.15) is 0 Å². The highest BCUT2D eigenvalue weighted by molar-refractivity contribution is 5.85. The molecule has 2 fully saturated rings. The molecule has 1 saturated carbocycles. The predicted octanol–water partition coefficient (Wildman–Crippen LogP) is 0.0638. The predicted molar refractivity (Wildman–Crippen MR) is 84.2 cm³/mol. The van der Waals surface area contributed by atoms with Crippen LogP contribution in [0.1, 0.15) is 33.1 Å². The molecule has 0 aromatic carbocycles. The summed E-state index contributed by atoms with van der Waals surface area (Å²) >= 11 is 0. The second-order valence-corrected chi connectivity index (χ2v) is 6.82. The Bertz CT molecular complexity index is 396. The van der Waals surface area contributed by atoms with Crippen molar-refractivity contribution in [3.05, 3.63) is 0 Å². The van der Waals surface area contributed by atoms with Crippen molar-refractivity contribution in [3.8, 4) is 0 Å².